The zero-order valence-corrected chi connectivity index (χ0v) is 13.3. The van der Waals surface area contributed by atoms with E-state index >= 15 is 0 Å². The van der Waals surface area contributed by atoms with Gasteiger partial charge in [0.2, 0.25) is 10.0 Å². The molecule has 0 saturated heterocycles. The number of hydrogen-bond donors (Lipinski definition) is 2. The van der Waals surface area contributed by atoms with Gasteiger partial charge >= 0.3 is 0 Å². The first-order valence-electron chi connectivity index (χ1n) is 7.51. The second kappa shape index (κ2) is 7.20. The maximum Gasteiger partial charge on any atom is 0.238 e. The predicted octanol–water partition coefficient (Wildman–Crippen LogP) is 2.88. The molecule has 1 aliphatic carbocycles. The van der Waals surface area contributed by atoms with Crippen molar-refractivity contribution in [1.29, 1.82) is 0 Å². The highest BCUT2D eigenvalue weighted by Gasteiger charge is 2.10. The number of nitrogens with one attached hydrogen (secondary N) is 1. The lowest BCUT2D eigenvalue weighted by Gasteiger charge is -2.17. The van der Waals surface area contributed by atoms with Gasteiger partial charge < -0.3 is 5.32 Å². The van der Waals surface area contributed by atoms with Crippen LogP contribution < -0.4 is 10.5 Å². The fraction of sp³-hybridized carbons (Fsp3) is 0.500. The average molecular weight is 308 g/mol. The largest absolute Gasteiger partial charge is 0.310 e. The Hall–Kier alpha value is -1.17. The van der Waals surface area contributed by atoms with Gasteiger partial charge in [0, 0.05) is 6.04 Å². The monoisotopic (exact) mass is 308 g/mol. The molecule has 2 rings (SSSR count). The van der Waals surface area contributed by atoms with Crippen molar-refractivity contribution >= 4 is 10.0 Å². The van der Waals surface area contributed by atoms with Crippen LogP contribution in [0.2, 0.25) is 0 Å². The van der Waals surface area contributed by atoms with E-state index in [0.29, 0.717) is 0 Å². The van der Waals surface area contributed by atoms with E-state index in [0.717, 1.165) is 18.5 Å². The lowest BCUT2D eigenvalue weighted by Crippen LogP contribution is -2.20. The lowest BCUT2D eigenvalue weighted by atomic mass is 9.97. The van der Waals surface area contributed by atoms with Gasteiger partial charge in [-0.05, 0) is 63.3 Å². The van der Waals surface area contributed by atoms with E-state index in [1.54, 1.807) is 17.7 Å². The Bertz CT molecular complexity index is 591. The molecule has 0 saturated carbocycles. The highest BCUT2D eigenvalue weighted by molar-refractivity contribution is 7.89. The zero-order chi connectivity index (χ0) is 15.3. The van der Waals surface area contributed by atoms with Crippen molar-refractivity contribution in [2.45, 2.75) is 50.0 Å². The molecule has 116 valence electrons. The highest BCUT2D eigenvalue weighted by atomic mass is 32.2. The van der Waals surface area contributed by atoms with Crippen LogP contribution in [0.15, 0.2) is 40.8 Å². The fourth-order valence-corrected chi connectivity index (χ4v) is 3.16. The van der Waals surface area contributed by atoms with Crippen molar-refractivity contribution in [1.82, 2.24) is 5.32 Å². The molecule has 0 amide bonds. The predicted molar refractivity (Wildman–Crippen MR) is 85.4 cm³/mol. The molecule has 1 aromatic carbocycles. The molecule has 0 aromatic heterocycles. The Morgan fingerprint density at radius 1 is 1.24 bits per heavy atom. The molecule has 1 atom stereocenters. The topological polar surface area (TPSA) is 72.2 Å². The first-order valence-corrected chi connectivity index (χ1v) is 9.05. The molecular weight excluding hydrogens is 284 g/mol. The summed E-state index contributed by atoms with van der Waals surface area (Å²) in [4.78, 5) is 0.158. The van der Waals surface area contributed by atoms with Crippen molar-refractivity contribution < 1.29 is 8.42 Å². The van der Waals surface area contributed by atoms with Gasteiger partial charge in [0.15, 0.2) is 0 Å². The van der Waals surface area contributed by atoms with Crippen molar-refractivity contribution in [3.8, 4) is 0 Å². The van der Waals surface area contributed by atoms with E-state index in [-0.39, 0.29) is 10.9 Å². The Morgan fingerprint density at radius 3 is 2.52 bits per heavy atom. The van der Waals surface area contributed by atoms with Crippen molar-refractivity contribution in [2.24, 2.45) is 5.14 Å². The second-order valence-electron chi connectivity index (χ2n) is 5.65. The van der Waals surface area contributed by atoms with Crippen LogP contribution in [0.5, 0.6) is 0 Å². The third-order valence-corrected chi connectivity index (χ3v) is 4.92. The van der Waals surface area contributed by atoms with Gasteiger partial charge in [0.05, 0.1) is 4.90 Å². The maximum atomic E-state index is 11.2. The number of nitrogens with two attached hydrogens (primary N) is 1. The molecule has 0 fully saturated rings. The first-order chi connectivity index (χ1) is 9.97. The van der Waals surface area contributed by atoms with E-state index in [9.17, 15) is 8.42 Å². The first kappa shape index (κ1) is 16.2. The van der Waals surface area contributed by atoms with Crippen LogP contribution >= 0.6 is 0 Å². The van der Waals surface area contributed by atoms with E-state index in [2.05, 4.69) is 18.3 Å². The summed E-state index contributed by atoms with van der Waals surface area (Å²) in [5.41, 5.74) is 2.63. The molecule has 1 aromatic rings. The Kier molecular flexibility index (Phi) is 5.56. The van der Waals surface area contributed by atoms with Crippen LogP contribution in [0.3, 0.4) is 0 Å². The molecule has 1 unspecified atom stereocenters. The minimum atomic E-state index is -3.60. The van der Waals surface area contributed by atoms with Crippen molar-refractivity contribution in [3.63, 3.8) is 0 Å². The van der Waals surface area contributed by atoms with E-state index in [1.807, 2.05) is 12.1 Å². The fourth-order valence-electron chi connectivity index (χ4n) is 2.64. The summed E-state index contributed by atoms with van der Waals surface area (Å²) in [6.07, 6.45) is 8.57. The molecule has 3 N–H and O–H groups in total. The van der Waals surface area contributed by atoms with Gasteiger partial charge in [-0.25, -0.2) is 13.6 Å². The summed E-state index contributed by atoms with van der Waals surface area (Å²) >= 11 is 0. The molecule has 21 heavy (non-hydrogen) atoms. The van der Waals surface area contributed by atoms with Gasteiger partial charge in [0.1, 0.15) is 0 Å². The van der Waals surface area contributed by atoms with Gasteiger partial charge in [-0.2, -0.15) is 0 Å². The summed E-state index contributed by atoms with van der Waals surface area (Å²) < 4.78 is 22.4. The van der Waals surface area contributed by atoms with Crippen LogP contribution in [0.4, 0.5) is 0 Å². The second-order valence-corrected chi connectivity index (χ2v) is 7.21. The highest BCUT2D eigenvalue weighted by Crippen LogP contribution is 2.20. The molecule has 0 heterocycles. The van der Waals surface area contributed by atoms with E-state index in [1.165, 1.54) is 25.7 Å². The van der Waals surface area contributed by atoms with Crippen molar-refractivity contribution in [3.05, 3.63) is 41.5 Å². The SMILES string of the molecule is CC(NCCC1=CCCCC1)c1ccc(S(N)(=O)=O)cc1. The van der Waals surface area contributed by atoms with Gasteiger partial charge in [-0.15, -0.1) is 0 Å². The van der Waals surface area contributed by atoms with E-state index in [4.69, 9.17) is 5.14 Å². The van der Waals surface area contributed by atoms with E-state index < -0.39 is 10.0 Å². The number of allylic oxidation sites excluding steroid dienone is 1. The average Bonchev–Trinajstić information content (AvgIpc) is 2.47. The quantitative estimate of drug-likeness (QED) is 0.794. The summed E-state index contributed by atoms with van der Waals surface area (Å²) in [7, 11) is -3.60. The number of sulfonamides is 1. The molecule has 4 nitrogen and oxygen atoms in total. The third-order valence-electron chi connectivity index (χ3n) is 3.99. The van der Waals surface area contributed by atoms with Crippen LogP contribution in [-0.4, -0.2) is 15.0 Å². The van der Waals surface area contributed by atoms with Gasteiger partial charge in [0.25, 0.3) is 0 Å². The molecule has 5 heteroatoms. The van der Waals surface area contributed by atoms with Gasteiger partial charge in [-0.3, -0.25) is 0 Å². The normalized spacial score (nSPS) is 17.3. The van der Waals surface area contributed by atoms with Crippen LogP contribution in [-0.2, 0) is 10.0 Å². The molecule has 0 aliphatic heterocycles. The van der Waals surface area contributed by atoms with Crippen LogP contribution in [0.1, 0.15) is 50.6 Å². The Morgan fingerprint density at radius 2 is 1.95 bits per heavy atom. The Labute approximate surface area is 127 Å². The summed E-state index contributed by atoms with van der Waals surface area (Å²) in [6, 6.07) is 6.96. The van der Waals surface area contributed by atoms with Crippen LogP contribution in [0.25, 0.3) is 0 Å². The zero-order valence-electron chi connectivity index (χ0n) is 12.5. The molecular formula is C16H24N2O2S. The maximum absolute atomic E-state index is 11.2. The lowest BCUT2D eigenvalue weighted by molar-refractivity contribution is 0.562. The number of benzene rings is 1. The third kappa shape index (κ3) is 4.95. The standard InChI is InChI=1S/C16H24N2O2S/c1-13(18-12-11-14-5-3-2-4-6-14)15-7-9-16(10-8-15)21(17,19)20/h5,7-10,13,18H,2-4,6,11-12H2,1H3,(H2,17,19,20). The molecule has 0 bridgehead atoms. The smallest absolute Gasteiger partial charge is 0.238 e. The number of primary sulfonamides is 1. The minimum Gasteiger partial charge on any atom is -0.310 e. The Balaban J connectivity index is 1.85. The minimum absolute atomic E-state index is 0.158. The molecule has 0 spiro atoms. The summed E-state index contributed by atoms with van der Waals surface area (Å²) in [5.74, 6) is 0. The van der Waals surface area contributed by atoms with Gasteiger partial charge in [-0.1, -0.05) is 23.8 Å². The molecule has 1 aliphatic rings. The number of rotatable bonds is 6. The number of hydrogen-bond acceptors (Lipinski definition) is 3. The molecule has 0 radical (unpaired) electrons. The van der Waals surface area contributed by atoms with Crippen molar-refractivity contribution in [2.75, 3.05) is 6.54 Å². The van der Waals surface area contributed by atoms with Crippen LogP contribution in [0, 0.1) is 0 Å². The summed E-state index contributed by atoms with van der Waals surface area (Å²) in [6.45, 7) is 3.03. The summed E-state index contributed by atoms with van der Waals surface area (Å²) in [5, 5.41) is 8.58.